The van der Waals surface area contributed by atoms with E-state index in [1.807, 2.05) is 6.92 Å². The van der Waals surface area contributed by atoms with Gasteiger partial charge in [0.1, 0.15) is 0 Å². The van der Waals surface area contributed by atoms with Crippen LogP contribution in [0.4, 0.5) is 0 Å². The topological polar surface area (TPSA) is 114 Å². The van der Waals surface area contributed by atoms with Gasteiger partial charge in [-0.25, -0.2) is 8.42 Å². The number of hydrogen-bond acceptors (Lipinski definition) is 7. The number of ether oxygens (including phenoxy) is 2. The third-order valence-electron chi connectivity index (χ3n) is 4.51. The van der Waals surface area contributed by atoms with Gasteiger partial charge < -0.3 is 19.3 Å². The number of hydrogen-bond donors (Lipinski definition) is 1. The Morgan fingerprint density at radius 3 is 1.97 bits per heavy atom. The van der Waals surface area contributed by atoms with Crippen molar-refractivity contribution in [1.29, 1.82) is 0 Å². The molecule has 0 aliphatic rings. The number of carbonyl (C=O) groups excluding carboxylic acids is 1. The van der Waals surface area contributed by atoms with Crippen LogP contribution in [-0.2, 0) is 28.9 Å². The standard InChI is InChI=1S/C20H41NO7S.Na/c1-3-5-6-7-8-9-10-11-12-13-20(22)21-19(4-2)18-27-15-14-26-16-17-28-29(23,24)25;/h19H,3-18H2,1-2H3,(H,21,22)(H,23,24,25);/q;+1/p-1. The van der Waals surface area contributed by atoms with E-state index in [2.05, 4.69) is 16.4 Å². The first-order valence-corrected chi connectivity index (χ1v) is 12.3. The predicted molar refractivity (Wildman–Crippen MR) is 111 cm³/mol. The Hall–Kier alpha value is 0.260. The molecule has 0 radical (unpaired) electrons. The van der Waals surface area contributed by atoms with Crippen LogP contribution in [0.25, 0.3) is 0 Å². The first-order chi connectivity index (χ1) is 13.9. The normalized spacial score (nSPS) is 12.4. The molecule has 30 heavy (non-hydrogen) atoms. The molecule has 0 aromatic heterocycles. The molecule has 1 unspecified atom stereocenters. The molecular formula is C20H40NNaO7S. The number of unbranched alkanes of at least 4 members (excludes halogenated alkanes) is 8. The summed E-state index contributed by atoms with van der Waals surface area (Å²) in [4.78, 5) is 12.0. The van der Waals surface area contributed by atoms with Crippen molar-refractivity contribution >= 4 is 16.3 Å². The second-order valence-electron chi connectivity index (χ2n) is 7.17. The van der Waals surface area contributed by atoms with Crippen LogP contribution in [0, 0.1) is 0 Å². The van der Waals surface area contributed by atoms with Crippen LogP contribution >= 0.6 is 0 Å². The summed E-state index contributed by atoms with van der Waals surface area (Å²) >= 11 is 0. The molecule has 0 saturated carbocycles. The molecule has 0 heterocycles. The smallest absolute Gasteiger partial charge is 0.726 e. The largest absolute Gasteiger partial charge is 1.00 e. The van der Waals surface area contributed by atoms with Gasteiger partial charge in [-0.15, -0.1) is 0 Å². The summed E-state index contributed by atoms with van der Waals surface area (Å²) in [5, 5.41) is 2.99. The van der Waals surface area contributed by atoms with Crippen molar-refractivity contribution in [2.45, 2.75) is 90.5 Å². The quantitative estimate of drug-likeness (QED) is 0.113. The summed E-state index contributed by atoms with van der Waals surface area (Å²) in [5.74, 6) is 0.0654. The monoisotopic (exact) mass is 461 g/mol. The van der Waals surface area contributed by atoms with Crippen LogP contribution in [0.3, 0.4) is 0 Å². The van der Waals surface area contributed by atoms with E-state index in [0.717, 1.165) is 19.3 Å². The number of rotatable bonds is 21. The van der Waals surface area contributed by atoms with Crippen molar-refractivity contribution in [3.63, 3.8) is 0 Å². The van der Waals surface area contributed by atoms with E-state index in [-0.39, 0.29) is 61.3 Å². The van der Waals surface area contributed by atoms with Crippen molar-refractivity contribution in [2.75, 3.05) is 33.0 Å². The van der Waals surface area contributed by atoms with Gasteiger partial charge in [-0.05, 0) is 12.8 Å². The van der Waals surface area contributed by atoms with Crippen LogP contribution in [0.15, 0.2) is 0 Å². The van der Waals surface area contributed by atoms with Crippen molar-refractivity contribution in [3.8, 4) is 0 Å². The summed E-state index contributed by atoms with van der Waals surface area (Å²) < 4.78 is 45.3. The maximum Gasteiger partial charge on any atom is 1.00 e. The van der Waals surface area contributed by atoms with Crippen LogP contribution < -0.4 is 34.9 Å². The molecule has 0 aromatic carbocycles. The van der Waals surface area contributed by atoms with Crippen LogP contribution in [0.5, 0.6) is 0 Å². The molecule has 0 fully saturated rings. The maximum absolute atomic E-state index is 12.0. The average molecular weight is 462 g/mol. The summed E-state index contributed by atoms with van der Waals surface area (Å²) in [6.07, 6.45) is 12.4. The second kappa shape index (κ2) is 22.5. The summed E-state index contributed by atoms with van der Waals surface area (Å²) in [7, 11) is -4.67. The molecule has 1 amide bonds. The Kier molecular flexibility index (Phi) is 24.3. The van der Waals surface area contributed by atoms with Gasteiger partial charge in [0.05, 0.1) is 39.1 Å². The van der Waals surface area contributed by atoms with Gasteiger partial charge in [0.25, 0.3) is 0 Å². The van der Waals surface area contributed by atoms with E-state index in [1.54, 1.807) is 0 Å². The van der Waals surface area contributed by atoms with E-state index >= 15 is 0 Å². The van der Waals surface area contributed by atoms with E-state index in [9.17, 15) is 17.8 Å². The minimum absolute atomic E-state index is 0. The fourth-order valence-corrected chi connectivity index (χ4v) is 3.07. The fraction of sp³-hybridized carbons (Fsp3) is 0.950. The zero-order valence-electron chi connectivity index (χ0n) is 19.2. The zero-order chi connectivity index (χ0) is 21.8. The fourth-order valence-electron chi connectivity index (χ4n) is 2.80. The molecule has 10 heteroatoms. The third-order valence-corrected chi connectivity index (χ3v) is 4.97. The van der Waals surface area contributed by atoms with E-state index in [4.69, 9.17) is 9.47 Å². The number of carbonyl (C=O) groups is 1. The van der Waals surface area contributed by atoms with Gasteiger partial charge in [0, 0.05) is 6.42 Å². The molecule has 0 bridgehead atoms. The molecule has 174 valence electrons. The molecule has 0 aliphatic carbocycles. The Morgan fingerprint density at radius 1 is 0.867 bits per heavy atom. The maximum atomic E-state index is 12.0. The summed E-state index contributed by atoms with van der Waals surface area (Å²) in [6, 6.07) is -0.0324. The van der Waals surface area contributed by atoms with Gasteiger partial charge in [0.15, 0.2) is 0 Å². The van der Waals surface area contributed by atoms with Gasteiger partial charge in [-0.2, -0.15) is 0 Å². The van der Waals surface area contributed by atoms with Gasteiger partial charge >= 0.3 is 29.6 Å². The SMILES string of the molecule is CCCCCCCCCCCC(=O)NC(CC)COCCOCCOS(=O)(=O)[O-].[Na+]. The second-order valence-corrected chi connectivity index (χ2v) is 8.22. The summed E-state index contributed by atoms with van der Waals surface area (Å²) in [5.41, 5.74) is 0. The van der Waals surface area contributed by atoms with Crippen molar-refractivity contribution in [2.24, 2.45) is 0 Å². The molecule has 0 spiro atoms. The average Bonchev–Trinajstić information content (AvgIpc) is 2.66. The zero-order valence-corrected chi connectivity index (χ0v) is 22.0. The predicted octanol–water partition coefficient (Wildman–Crippen LogP) is 0.316. The molecule has 0 rings (SSSR count). The molecule has 8 nitrogen and oxygen atoms in total. The van der Waals surface area contributed by atoms with Crippen molar-refractivity contribution in [3.05, 3.63) is 0 Å². The van der Waals surface area contributed by atoms with Crippen molar-refractivity contribution in [1.82, 2.24) is 5.32 Å². The van der Waals surface area contributed by atoms with Gasteiger partial charge in [-0.3, -0.25) is 8.98 Å². The Balaban J connectivity index is 0. The minimum Gasteiger partial charge on any atom is -0.726 e. The van der Waals surface area contributed by atoms with Gasteiger partial charge in [0.2, 0.25) is 16.3 Å². The van der Waals surface area contributed by atoms with E-state index < -0.39 is 10.4 Å². The van der Waals surface area contributed by atoms with Crippen LogP contribution in [0.1, 0.15) is 84.5 Å². The first kappa shape index (κ1) is 32.4. The molecule has 0 aliphatic heterocycles. The van der Waals surface area contributed by atoms with Gasteiger partial charge in [-0.1, -0.05) is 65.2 Å². The molecular weight excluding hydrogens is 421 g/mol. The number of amides is 1. The van der Waals surface area contributed by atoms with Crippen molar-refractivity contribution < 1.29 is 61.0 Å². The molecule has 1 N–H and O–H groups in total. The Labute approximate surface area is 205 Å². The minimum atomic E-state index is -4.67. The third kappa shape index (κ3) is 24.5. The summed E-state index contributed by atoms with van der Waals surface area (Å²) in [6.45, 7) is 4.87. The number of nitrogens with one attached hydrogen (secondary N) is 1. The first-order valence-electron chi connectivity index (χ1n) is 10.9. The molecule has 0 saturated heterocycles. The Bertz CT molecular complexity index is 492. The molecule has 1 atom stereocenters. The van der Waals surface area contributed by atoms with E-state index in [1.165, 1.54) is 44.9 Å². The van der Waals surface area contributed by atoms with Crippen LogP contribution in [0.2, 0.25) is 0 Å². The van der Waals surface area contributed by atoms with Crippen LogP contribution in [-0.4, -0.2) is 58.0 Å². The van der Waals surface area contributed by atoms with E-state index in [0.29, 0.717) is 19.6 Å². The molecule has 0 aromatic rings. The Morgan fingerprint density at radius 2 is 1.40 bits per heavy atom.